The lowest BCUT2D eigenvalue weighted by molar-refractivity contribution is 1.12. The van der Waals surface area contributed by atoms with Crippen LogP contribution in [0, 0.1) is 0 Å². The van der Waals surface area contributed by atoms with Gasteiger partial charge in [-0.1, -0.05) is 84.9 Å². The van der Waals surface area contributed by atoms with Crippen molar-refractivity contribution >= 4 is 65.4 Å². The molecular weight excluding hydrogens is 681 g/mol. The van der Waals surface area contributed by atoms with E-state index in [1.54, 1.807) is 0 Å². The van der Waals surface area contributed by atoms with E-state index in [4.69, 9.17) is 0 Å². The molecule has 8 aromatic carbocycles. The van der Waals surface area contributed by atoms with Crippen LogP contribution >= 0.6 is 0 Å². The van der Waals surface area contributed by atoms with Gasteiger partial charge in [-0.2, -0.15) is 0 Å². The molecule has 0 fully saturated rings. The fourth-order valence-electron chi connectivity index (χ4n) is 9.03. The molecule has 4 heterocycles. The quantitative estimate of drug-likeness (QED) is 0.169. The van der Waals surface area contributed by atoms with Crippen LogP contribution < -0.4 is 0 Å². The predicted octanol–water partition coefficient (Wildman–Crippen LogP) is 13.4. The smallest absolute Gasteiger partial charge is 0.0541 e. The first kappa shape index (κ1) is 30.9. The second kappa shape index (κ2) is 12.0. The summed E-state index contributed by atoms with van der Waals surface area (Å²) in [5.74, 6) is 0. The fourth-order valence-corrected chi connectivity index (χ4v) is 9.03. The zero-order valence-electron chi connectivity index (χ0n) is 30.4. The van der Waals surface area contributed by atoms with E-state index in [2.05, 4.69) is 225 Å². The Morgan fingerprint density at radius 3 is 1.11 bits per heavy atom. The van der Waals surface area contributed by atoms with Crippen LogP contribution in [-0.2, 0) is 0 Å². The molecular formula is C52H34N4. The van der Waals surface area contributed by atoms with Crippen LogP contribution in [0.5, 0.6) is 0 Å². The van der Waals surface area contributed by atoms with Gasteiger partial charge in [-0.3, -0.25) is 0 Å². The molecule has 56 heavy (non-hydrogen) atoms. The van der Waals surface area contributed by atoms with Crippen LogP contribution in [0.4, 0.5) is 0 Å². The van der Waals surface area contributed by atoms with E-state index in [0.29, 0.717) is 0 Å². The minimum atomic E-state index is 1.16. The molecule has 0 saturated heterocycles. The van der Waals surface area contributed by atoms with Gasteiger partial charge in [0, 0.05) is 67.5 Å². The largest absolute Gasteiger partial charge is 0.317 e. The van der Waals surface area contributed by atoms with Gasteiger partial charge in [0.05, 0.1) is 33.1 Å². The van der Waals surface area contributed by atoms with E-state index in [9.17, 15) is 0 Å². The highest BCUT2D eigenvalue weighted by Crippen LogP contribution is 2.39. The highest BCUT2D eigenvalue weighted by atomic mass is 15.0. The van der Waals surface area contributed by atoms with E-state index < -0.39 is 0 Å². The van der Waals surface area contributed by atoms with E-state index in [1.807, 2.05) is 0 Å². The van der Waals surface area contributed by atoms with Crippen molar-refractivity contribution < 1.29 is 0 Å². The lowest BCUT2D eigenvalue weighted by atomic mass is 10.0. The lowest BCUT2D eigenvalue weighted by Gasteiger charge is -2.11. The summed E-state index contributed by atoms with van der Waals surface area (Å²) >= 11 is 0. The number of benzene rings is 8. The second-order valence-electron chi connectivity index (χ2n) is 14.7. The van der Waals surface area contributed by atoms with E-state index in [1.165, 1.54) is 87.9 Å². The molecule has 0 aliphatic rings. The molecule has 12 rings (SSSR count). The Morgan fingerprint density at radius 2 is 0.643 bits per heavy atom. The van der Waals surface area contributed by atoms with Crippen molar-refractivity contribution in [2.24, 2.45) is 0 Å². The highest BCUT2D eigenvalue weighted by molar-refractivity contribution is 6.13. The fraction of sp³-hybridized carbons (Fsp3) is 0. The Kier molecular flexibility index (Phi) is 6.60. The third-order valence-electron chi connectivity index (χ3n) is 11.6. The molecule has 0 bridgehead atoms. The summed E-state index contributed by atoms with van der Waals surface area (Å²) in [5, 5.41) is 7.43. The van der Waals surface area contributed by atoms with Crippen LogP contribution in [0.3, 0.4) is 0 Å². The molecule has 0 radical (unpaired) electrons. The number of fused-ring (bicyclic) bond motifs is 8. The normalized spacial score (nSPS) is 11.9. The number of aromatic nitrogens is 4. The summed E-state index contributed by atoms with van der Waals surface area (Å²) in [6, 6.07) is 70.6. The second-order valence-corrected chi connectivity index (χ2v) is 14.7. The van der Waals surface area contributed by atoms with Gasteiger partial charge >= 0.3 is 0 Å². The maximum absolute atomic E-state index is 2.41. The molecule has 0 unspecified atom stereocenters. The summed E-state index contributed by atoms with van der Waals surface area (Å²) in [6.45, 7) is 0. The van der Waals surface area contributed by atoms with Crippen LogP contribution in [0.25, 0.3) is 99.3 Å². The first-order valence-electron chi connectivity index (χ1n) is 19.2. The number of hydrogen-bond acceptors (Lipinski definition) is 0. The Hall–Kier alpha value is -7.56. The van der Waals surface area contributed by atoms with Gasteiger partial charge in [0.25, 0.3) is 0 Å². The Labute approximate surface area is 322 Å². The molecule has 0 saturated carbocycles. The standard InChI is InChI=1S/C52H34N4/c1-3-11-39(12-4-1)53-29-27-37-31-41(21-25-47(37)53)55-49-17-9-7-15-43(49)45-33-35(19-23-51(45)55)36-20-24-52-46(34-36)44-16-8-10-18-50(44)56(52)42-22-26-48-38(32-42)28-30-54(48)40-13-5-2-6-14-40/h1-34H. The van der Waals surface area contributed by atoms with Crippen molar-refractivity contribution in [3.63, 3.8) is 0 Å². The van der Waals surface area contributed by atoms with Gasteiger partial charge in [0.15, 0.2) is 0 Å². The van der Waals surface area contributed by atoms with Crippen LogP contribution in [-0.4, -0.2) is 18.3 Å². The van der Waals surface area contributed by atoms with Crippen LogP contribution in [0.2, 0.25) is 0 Å². The molecule has 262 valence electrons. The molecule has 0 aliphatic carbocycles. The van der Waals surface area contributed by atoms with Crippen molar-refractivity contribution in [2.45, 2.75) is 0 Å². The SMILES string of the molecule is c1ccc(-n2ccc3cc(-n4c5ccccc5c5cc(-c6ccc7c(c6)c6ccccc6n7-c6ccc7c(ccn7-c7ccccc7)c6)ccc54)ccc32)cc1. The third kappa shape index (κ3) is 4.60. The maximum Gasteiger partial charge on any atom is 0.0541 e. The number of nitrogens with zero attached hydrogens (tertiary/aromatic N) is 4. The zero-order chi connectivity index (χ0) is 36.7. The molecule has 0 N–H and O–H groups in total. The summed E-state index contributed by atoms with van der Waals surface area (Å²) in [6.07, 6.45) is 4.33. The molecule has 0 aliphatic heterocycles. The summed E-state index contributed by atoms with van der Waals surface area (Å²) in [7, 11) is 0. The Morgan fingerprint density at radius 1 is 0.250 bits per heavy atom. The van der Waals surface area contributed by atoms with Crippen LogP contribution in [0.15, 0.2) is 207 Å². The summed E-state index contributed by atoms with van der Waals surface area (Å²) in [5.41, 5.74) is 14.3. The third-order valence-corrected chi connectivity index (χ3v) is 11.6. The van der Waals surface area contributed by atoms with Crippen LogP contribution in [0.1, 0.15) is 0 Å². The maximum atomic E-state index is 2.41. The van der Waals surface area contributed by atoms with E-state index in [0.717, 1.165) is 11.4 Å². The van der Waals surface area contributed by atoms with Gasteiger partial charge in [-0.25, -0.2) is 0 Å². The van der Waals surface area contributed by atoms with E-state index >= 15 is 0 Å². The first-order valence-corrected chi connectivity index (χ1v) is 19.2. The Balaban J connectivity index is 0.975. The van der Waals surface area contributed by atoms with Gasteiger partial charge in [-0.05, 0) is 120 Å². The molecule has 0 spiro atoms. The molecule has 0 atom stereocenters. The minimum absolute atomic E-state index is 1.16. The highest BCUT2D eigenvalue weighted by Gasteiger charge is 2.17. The van der Waals surface area contributed by atoms with Crippen molar-refractivity contribution in [1.29, 1.82) is 0 Å². The monoisotopic (exact) mass is 714 g/mol. The van der Waals surface area contributed by atoms with E-state index in [-0.39, 0.29) is 0 Å². The lowest BCUT2D eigenvalue weighted by Crippen LogP contribution is -1.95. The molecule has 12 aromatic rings. The molecule has 4 nitrogen and oxygen atoms in total. The predicted molar refractivity (Wildman–Crippen MR) is 234 cm³/mol. The zero-order valence-corrected chi connectivity index (χ0v) is 30.4. The average Bonchev–Trinajstić information content (AvgIpc) is 4.04. The first-order chi connectivity index (χ1) is 27.8. The Bertz CT molecular complexity index is 3230. The van der Waals surface area contributed by atoms with Crippen molar-refractivity contribution in [1.82, 2.24) is 18.3 Å². The number of para-hydroxylation sites is 4. The van der Waals surface area contributed by atoms with Gasteiger partial charge < -0.3 is 18.3 Å². The topological polar surface area (TPSA) is 19.7 Å². The average molecular weight is 715 g/mol. The molecule has 4 aromatic heterocycles. The minimum Gasteiger partial charge on any atom is -0.317 e. The van der Waals surface area contributed by atoms with Gasteiger partial charge in [0.1, 0.15) is 0 Å². The van der Waals surface area contributed by atoms with Gasteiger partial charge in [0.2, 0.25) is 0 Å². The summed E-state index contributed by atoms with van der Waals surface area (Å²) in [4.78, 5) is 0. The van der Waals surface area contributed by atoms with Crippen molar-refractivity contribution in [2.75, 3.05) is 0 Å². The number of hydrogen-bond donors (Lipinski definition) is 0. The number of rotatable bonds is 5. The summed E-state index contributed by atoms with van der Waals surface area (Å²) < 4.78 is 9.34. The molecule has 4 heteroatoms. The van der Waals surface area contributed by atoms with Gasteiger partial charge in [-0.15, -0.1) is 0 Å². The molecule has 0 amide bonds. The van der Waals surface area contributed by atoms with Crippen molar-refractivity contribution in [3.05, 3.63) is 207 Å². The van der Waals surface area contributed by atoms with Crippen molar-refractivity contribution in [3.8, 4) is 33.9 Å².